The number of aromatic hydroxyl groups is 2. The molecule has 1 fully saturated rings. The number of benzene rings is 2. The molecule has 12 heteroatoms. The van der Waals surface area contributed by atoms with E-state index in [2.05, 4.69) is 9.47 Å². The Balaban J connectivity index is 0.000000183. The van der Waals surface area contributed by atoms with Crippen molar-refractivity contribution in [3.05, 3.63) is 46.5 Å². The van der Waals surface area contributed by atoms with Gasteiger partial charge in [-0.3, -0.25) is 9.59 Å². The number of fused-ring (bicyclic) bond motifs is 2. The number of rotatable bonds is 3. The Morgan fingerprint density at radius 1 is 0.744 bits per heavy atom. The molecule has 0 spiro atoms. The molecule has 3 N–H and O–H groups in total. The molecule has 1 saturated heterocycles. The normalized spacial score (nSPS) is 21.2. The van der Waals surface area contributed by atoms with E-state index >= 15 is 0 Å². The van der Waals surface area contributed by atoms with Crippen LogP contribution in [0.4, 0.5) is 0 Å². The molecule has 3 aliphatic rings. The molecule has 0 radical (unpaired) electrons. The highest BCUT2D eigenvalue weighted by atomic mass is 16.6. The molecule has 2 aromatic carbocycles. The van der Waals surface area contributed by atoms with E-state index < -0.39 is 29.6 Å². The fraction of sp³-hybridized carbons (Fsp3) is 0.484. The number of methoxy groups -OCH3 is 1. The molecule has 5 rings (SSSR count). The van der Waals surface area contributed by atoms with Crippen LogP contribution in [-0.4, -0.2) is 58.5 Å². The third-order valence-electron chi connectivity index (χ3n) is 7.17. The Morgan fingerprint density at radius 3 is 1.53 bits per heavy atom. The first-order valence-corrected chi connectivity index (χ1v) is 13.6. The molecule has 0 bridgehead atoms. The van der Waals surface area contributed by atoms with Crippen LogP contribution in [0.25, 0.3) is 0 Å². The SMILES string of the molecule is CC1(C)CC(=O)Oc2ccc(O)c(CO)c21.CC1OC(=O)C(C)OC1=O.COCc1c(O)ccc2c1C(C)(C)CC(=O)O2. The molecule has 12 nitrogen and oxygen atoms in total. The lowest BCUT2D eigenvalue weighted by Crippen LogP contribution is -2.40. The van der Waals surface area contributed by atoms with Crippen LogP contribution < -0.4 is 9.47 Å². The summed E-state index contributed by atoms with van der Waals surface area (Å²) in [6.45, 7) is 10.7. The van der Waals surface area contributed by atoms with Crippen molar-refractivity contribution in [2.45, 2.75) is 90.6 Å². The molecule has 234 valence electrons. The molecule has 3 heterocycles. The van der Waals surface area contributed by atoms with Gasteiger partial charge in [-0.25, -0.2) is 9.59 Å². The third-order valence-corrected chi connectivity index (χ3v) is 7.17. The minimum Gasteiger partial charge on any atom is -0.508 e. The van der Waals surface area contributed by atoms with Gasteiger partial charge < -0.3 is 39.0 Å². The summed E-state index contributed by atoms with van der Waals surface area (Å²) in [5, 5.41) is 28.8. The minimum atomic E-state index is -0.747. The first-order valence-electron chi connectivity index (χ1n) is 13.6. The monoisotopic (exact) mass is 602 g/mol. The lowest BCUT2D eigenvalue weighted by atomic mass is 9.77. The van der Waals surface area contributed by atoms with Gasteiger partial charge in [0.1, 0.15) is 23.0 Å². The van der Waals surface area contributed by atoms with Crippen LogP contribution in [0.2, 0.25) is 0 Å². The number of phenols is 2. The molecule has 0 aliphatic carbocycles. The summed E-state index contributed by atoms with van der Waals surface area (Å²) < 4.78 is 24.6. The van der Waals surface area contributed by atoms with E-state index in [0.717, 1.165) is 11.1 Å². The maximum atomic E-state index is 11.5. The first-order chi connectivity index (χ1) is 20.0. The maximum absolute atomic E-state index is 11.5. The van der Waals surface area contributed by atoms with Crippen LogP contribution in [0.5, 0.6) is 23.0 Å². The summed E-state index contributed by atoms with van der Waals surface area (Å²) in [6.07, 6.45) is -0.941. The Kier molecular flexibility index (Phi) is 10.1. The zero-order chi connectivity index (χ0) is 32.3. The summed E-state index contributed by atoms with van der Waals surface area (Å²) in [7, 11) is 1.57. The highest BCUT2D eigenvalue weighted by molar-refractivity contribution is 5.86. The maximum Gasteiger partial charge on any atom is 0.347 e. The van der Waals surface area contributed by atoms with Crippen molar-refractivity contribution in [1.82, 2.24) is 0 Å². The topological polar surface area (TPSA) is 175 Å². The number of carbonyl (C=O) groups excluding carboxylic acids is 4. The number of aliphatic hydroxyl groups is 1. The summed E-state index contributed by atoms with van der Waals surface area (Å²) >= 11 is 0. The number of hydrogen-bond acceptors (Lipinski definition) is 12. The van der Waals surface area contributed by atoms with E-state index in [1.807, 2.05) is 27.7 Å². The lowest BCUT2D eigenvalue weighted by molar-refractivity contribution is -0.191. The fourth-order valence-corrected chi connectivity index (χ4v) is 5.19. The zero-order valence-corrected chi connectivity index (χ0v) is 25.3. The van der Waals surface area contributed by atoms with Gasteiger partial charge in [0.25, 0.3) is 0 Å². The van der Waals surface area contributed by atoms with Gasteiger partial charge in [-0.15, -0.1) is 0 Å². The number of ether oxygens (including phenoxy) is 5. The van der Waals surface area contributed by atoms with E-state index in [0.29, 0.717) is 35.7 Å². The summed E-state index contributed by atoms with van der Waals surface area (Å²) in [6, 6.07) is 6.15. The molecule has 2 atom stereocenters. The Morgan fingerprint density at radius 2 is 1.14 bits per heavy atom. The summed E-state index contributed by atoms with van der Waals surface area (Å²) in [5.74, 6) is -0.314. The largest absolute Gasteiger partial charge is 0.508 e. The van der Waals surface area contributed by atoms with Crippen LogP contribution >= 0.6 is 0 Å². The van der Waals surface area contributed by atoms with Crippen LogP contribution in [0.3, 0.4) is 0 Å². The smallest absolute Gasteiger partial charge is 0.347 e. The summed E-state index contributed by atoms with van der Waals surface area (Å²) in [5.41, 5.74) is 1.93. The van der Waals surface area contributed by atoms with Gasteiger partial charge in [-0.1, -0.05) is 27.7 Å². The van der Waals surface area contributed by atoms with Gasteiger partial charge >= 0.3 is 23.9 Å². The second kappa shape index (κ2) is 13.0. The van der Waals surface area contributed by atoms with Crippen LogP contribution in [0.1, 0.15) is 76.6 Å². The highest BCUT2D eigenvalue weighted by Crippen LogP contribution is 2.45. The minimum absolute atomic E-state index is 0.0345. The fourth-order valence-electron chi connectivity index (χ4n) is 5.19. The zero-order valence-electron chi connectivity index (χ0n) is 25.3. The average molecular weight is 603 g/mol. The average Bonchev–Trinajstić information content (AvgIpc) is 2.89. The van der Waals surface area contributed by atoms with E-state index in [-0.39, 0.29) is 41.9 Å². The van der Waals surface area contributed by atoms with Crippen LogP contribution in [0, 0.1) is 0 Å². The van der Waals surface area contributed by atoms with Gasteiger partial charge in [-0.2, -0.15) is 0 Å². The van der Waals surface area contributed by atoms with Crippen molar-refractivity contribution in [2.24, 2.45) is 0 Å². The standard InChI is InChI=1S/C13H16O4.C12H14O4.C6H8O4/c1-13(2)6-11(15)17-10-5-4-9(14)8(7-16-3)12(10)13;1-12(2)5-10(15)16-9-4-3-8(14)7(6-13)11(9)12;1-3-5(7)10-4(2)6(8)9-3/h4-5,14H,6-7H2,1-3H3;3-4,13-14H,5-6H2,1-2H3;3-4H,1-2H3. The number of esters is 4. The molecule has 0 saturated carbocycles. The Hall–Kier alpha value is -4.16. The highest BCUT2D eigenvalue weighted by Gasteiger charge is 2.38. The van der Waals surface area contributed by atoms with Gasteiger partial charge in [0.15, 0.2) is 12.2 Å². The molecule has 43 heavy (non-hydrogen) atoms. The van der Waals surface area contributed by atoms with Gasteiger partial charge in [0, 0.05) is 40.2 Å². The van der Waals surface area contributed by atoms with Gasteiger partial charge in [0.05, 0.1) is 26.1 Å². The van der Waals surface area contributed by atoms with Crippen molar-refractivity contribution >= 4 is 23.9 Å². The van der Waals surface area contributed by atoms with Crippen molar-refractivity contribution in [1.29, 1.82) is 0 Å². The lowest BCUT2D eigenvalue weighted by Gasteiger charge is -2.33. The number of hydrogen-bond donors (Lipinski definition) is 3. The van der Waals surface area contributed by atoms with Crippen LogP contribution in [-0.2, 0) is 57.4 Å². The molecule has 3 aliphatic heterocycles. The molecule has 0 amide bonds. The molecular formula is C31H38O12. The Labute approximate surface area is 249 Å². The number of aliphatic hydroxyl groups excluding tert-OH is 1. The summed E-state index contributed by atoms with van der Waals surface area (Å²) in [4.78, 5) is 44.2. The predicted molar refractivity (Wildman–Crippen MR) is 151 cm³/mol. The van der Waals surface area contributed by atoms with Crippen molar-refractivity contribution in [3.63, 3.8) is 0 Å². The molecular weight excluding hydrogens is 564 g/mol. The van der Waals surface area contributed by atoms with E-state index in [9.17, 15) is 34.5 Å². The molecule has 2 unspecified atom stereocenters. The van der Waals surface area contributed by atoms with E-state index in [1.54, 1.807) is 19.2 Å². The van der Waals surface area contributed by atoms with Gasteiger partial charge in [0.2, 0.25) is 0 Å². The Bertz CT molecular complexity index is 1390. The molecule has 2 aromatic rings. The molecule has 0 aromatic heterocycles. The van der Waals surface area contributed by atoms with Crippen molar-refractivity contribution in [2.75, 3.05) is 7.11 Å². The number of cyclic esters (lactones) is 2. The van der Waals surface area contributed by atoms with E-state index in [1.165, 1.54) is 26.0 Å². The van der Waals surface area contributed by atoms with Gasteiger partial charge in [-0.05, 0) is 38.1 Å². The second-order valence-electron chi connectivity index (χ2n) is 11.7. The van der Waals surface area contributed by atoms with Crippen molar-refractivity contribution < 1.29 is 58.2 Å². The first kappa shape index (κ1) is 33.3. The third kappa shape index (κ3) is 7.44. The number of phenolic OH excluding ortho intramolecular Hbond substituents is 1. The second-order valence-corrected chi connectivity index (χ2v) is 11.7. The van der Waals surface area contributed by atoms with Crippen LogP contribution in [0.15, 0.2) is 24.3 Å². The quantitative estimate of drug-likeness (QED) is 0.345. The van der Waals surface area contributed by atoms with Crippen molar-refractivity contribution in [3.8, 4) is 23.0 Å². The number of carbonyl (C=O) groups is 4. The predicted octanol–water partition coefficient (Wildman–Crippen LogP) is 3.46. The van der Waals surface area contributed by atoms with E-state index in [4.69, 9.17) is 14.2 Å².